The second kappa shape index (κ2) is 10.8. The first-order chi connectivity index (χ1) is 17.2. The molecule has 8 heteroatoms. The Morgan fingerprint density at radius 1 is 0.943 bits per heavy atom. The van der Waals surface area contributed by atoms with Crippen LogP contribution in [0.25, 0.3) is 17.1 Å². The van der Waals surface area contributed by atoms with E-state index in [0.29, 0.717) is 16.9 Å². The summed E-state index contributed by atoms with van der Waals surface area (Å²) in [5.41, 5.74) is 2.94. The number of hydrogen-bond acceptors (Lipinski definition) is 5. The van der Waals surface area contributed by atoms with Crippen molar-refractivity contribution in [1.29, 1.82) is 0 Å². The predicted octanol–water partition coefficient (Wildman–Crippen LogP) is 5.04. The van der Waals surface area contributed by atoms with Crippen LogP contribution in [0, 0.1) is 11.7 Å². The molecule has 1 amide bonds. The molecule has 0 atom stereocenters. The molecule has 0 aliphatic carbocycles. The number of halogens is 1. The van der Waals surface area contributed by atoms with E-state index in [9.17, 15) is 9.18 Å². The smallest absolute Gasteiger partial charge is 0.233 e. The van der Waals surface area contributed by atoms with Gasteiger partial charge >= 0.3 is 0 Å². The molecule has 0 saturated carbocycles. The molecule has 1 saturated heterocycles. The summed E-state index contributed by atoms with van der Waals surface area (Å²) in [5, 5.41) is 9.32. The van der Waals surface area contributed by atoms with Gasteiger partial charge in [-0.3, -0.25) is 14.3 Å². The Kier molecular flexibility index (Phi) is 7.18. The number of pyridine rings is 1. The largest absolute Gasteiger partial charge is 0.342 e. The minimum Gasteiger partial charge on any atom is -0.342 e. The van der Waals surface area contributed by atoms with Crippen molar-refractivity contribution in [2.45, 2.75) is 24.4 Å². The third-order valence-corrected chi connectivity index (χ3v) is 7.23. The lowest BCUT2D eigenvalue weighted by Crippen LogP contribution is -2.39. The highest BCUT2D eigenvalue weighted by molar-refractivity contribution is 7.99. The van der Waals surface area contributed by atoms with Gasteiger partial charge in [0.2, 0.25) is 5.91 Å². The van der Waals surface area contributed by atoms with Crippen LogP contribution in [0.15, 0.2) is 84.3 Å². The molecule has 3 heterocycles. The number of carbonyl (C=O) groups is 1. The Labute approximate surface area is 208 Å². The molecular weight excluding hydrogens is 461 g/mol. The monoisotopic (exact) mass is 487 g/mol. The van der Waals surface area contributed by atoms with Crippen LogP contribution >= 0.6 is 11.8 Å². The fourth-order valence-electron chi connectivity index (χ4n) is 4.43. The van der Waals surface area contributed by atoms with Gasteiger partial charge in [-0.1, -0.05) is 42.1 Å². The number of amides is 1. The van der Waals surface area contributed by atoms with Crippen LogP contribution < -0.4 is 0 Å². The zero-order valence-electron chi connectivity index (χ0n) is 19.3. The second-order valence-electron chi connectivity index (χ2n) is 8.66. The third kappa shape index (κ3) is 5.59. The molecular formula is C27H26FN5OS. The van der Waals surface area contributed by atoms with E-state index in [1.54, 1.807) is 24.5 Å². The van der Waals surface area contributed by atoms with Crippen molar-refractivity contribution in [3.8, 4) is 17.1 Å². The van der Waals surface area contributed by atoms with Gasteiger partial charge in [-0.25, -0.2) is 4.39 Å². The van der Waals surface area contributed by atoms with Crippen LogP contribution in [-0.4, -0.2) is 49.4 Å². The van der Waals surface area contributed by atoms with Crippen LogP contribution in [-0.2, 0) is 11.2 Å². The Balaban J connectivity index is 1.25. The fourth-order valence-corrected chi connectivity index (χ4v) is 5.28. The highest BCUT2D eigenvalue weighted by Gasteiger charge is 2.24. The molecule has 1 aliphatic heterocycles. The number of rotatable bonds is 7. The summed E-state index contributed by atoms with van der Waals surface area (Å²) in [5.74, 6) is 1.30. The molecule has 1 fully saturated rings. The van der Waals surface area contributed by atoms with Gasteiger partial charge in [-0.2, -0.15) is 0 Å². The van der Waals surface area contributed by atoms with E-state index in [4.69, 9.17) is 0 Å². The second-order valence-corrected chi connectivity index (χ2v) is 9.60. The van der Waals surface area contributed by atoms with Crippen molar-refractivity contribution in [1.82, 2.24) is 24.6 Å². The lowest BCUT2D eigenvalue weighted by atomic mass is 9.90. The van der Waals surface area contributed by atoms with E-state index in [0.717, 1.165) is 43.6 Å². The van der Waals surface area contributed by atoms with Crippen molar-refractivity contribution in [3.63, 3.8) is 0 Å². The summed E-state index contributed by atoms with van der Waals surface area (Å²) >= 11 is 1.36. The maximum absolute atomic E-state index is 13.6. The molecule has 0 bridgehead atoms. The molecule has 5 rings (SSSR count). The minimum atomic E-state index is -0.313. The van der Waals surface area contributed by atoms with E-state index < -0.39 is 0 Å². The highest BCUT2D eigenvalue weighted by Crippen LogP contribution is 2.29. The normalized spacial score (nSPS) is 14.3. The van der Waals surface area contributed by atoms with Gasteiger partial charge < -0.3 is 4.90 Å². The van der Waals surface area contributed by atoms with Crippen molar-refractivity contribution < 1.29 is 9.18 Å². The summed E-state index contributed by atoms with van der Waals surface area (Å²) in [6.45, 7) is 1.56. The van der Waals surface area contributed by atoms with Crippen LogP contribution in [0.1, 0.15) is 18.4 Å². The lowest BCUT2D eigenvalue weighted by Gasteiger charge is -2.32. The molecule has 2 aromatic heterocycles. The van der Waals surface area contributed by atoms with Gasteiger partial charge in [-0.15, -0.1) is 10.2 Å². The number of nitrogens with zero attached hydrogens (tertiary/aromatic N) is 5. The number of likely N-dealkylation sites (tertiary alicyclic amines) is 1. The molecule has 2 aromatic carbocycles. The van der Waals surface area contributed by atoms with E-state index in [2.05, 4.69) is 39.4 Å². The average molecular weight is 488 g/mol. The van der Waals surface area contributed by atoms with Gasteiger partial charge in [0.25, 0.3) is 0 Å². The van der Waals surface area contributed by atoms with Crippen molar-refractivity contribution in [2.75, 3.05) is 18.8 Å². The molecule has 0 unspecified atom stereocenters. The van der Waals surface area contributed by atoms with E-state index in [-0.39, 0.29) is 17.5 Å². The first-order valence-electron chi connectivity index (χ1n) is 11.7. The zero-order chi connectivity index (χ0) is 24.0. The maximum Gasteiger partial charge on any atom is 0.233 e. The predicted molar refractivity (Wildman–Crippen MR) is 135 cm³/mol. The Morgan fingerprint density at radius 3 is 2.37 bits per heavy atom. The number of benzene rings is 2. The van der Waals surface area contributed by atoms with Gasteiger partial charge in [0.05, 0.1) is 5.75 Å². The quantitative estimate of drug-likeness (QED) is 0.342. The van der Waals surface area contributed by atoms with Crippen LogP contribution in [0.3, 0.4) is 0 Å². The molecule has 0 spiro atoms. The lowest BCUT2D eigenvalue weighted by molar-refractivity contribution is -0.129. The summed E-state index contributed by atoms with van der Waals surface area (Å²) in [6.07, 6.45) is 6.48. The number of hydrogen-bond donors (Lipinski definition) is 0. The average Bonchev–Trinajstić information content (AvgIpc) is 3.33. The third-order valence-electron chi connectivity index (χ3n) is 6.32. The van der Waals surface area contributed by atoms with Gasteiger partial charge in [0, 0.05) is 36.7 Å². The first-order valence-corrected chi connectivity index (χ1v) is 12.7. The van der Waals surface area contributed by atoms with Crippen LogP contribution in [0.5, 0.6) is 0 Å². The van der Waals surface area contributed by atoms with E-state index >= 15 is 0 Å². The van der Waals surface area contributed by atoms with E-state index in [1.807, 2.05) is 27.7 Å². The first kappa shape index (κ1) is 23.2. The Morgan fingerprint density at radius 2 is 1.66 bits per heavy atom. The SMILES string of the molecule is O=C(CSc1nnc(-c2ccncc2)n1-c1ccc(F)cc1)N1CCC(Cc2ccccc2)CC1. The minimum absolute atomic E-state index is 0.104. The summed E-state index contributed by atoms with van der Waals surface area (Å²) in [6, 6.07) is 20.4. The molecule has 1 aliphatic rings. The molecule has 6 nitrogen and oxygen atoms in total. The molecule has 0 N–H and O–H groups in total. The number of piperidine rings is 1. The van der Waals surface area contributed by atoms with Gasteiger partial charge in [0.15, 0.2) is 11.0 Å². The Hall–Kier alpha value is -3.52. The number of carbonyl (C=O) groups excluding carboxylic acids is 1. The molecule has 178 valence electrons. The fraction of sp³-hybridized carbons (Fsp3) is 0.259. The van der Waals surface area contributed by atoms with Crippen LogP contribution in [0.4, 0.5) is 4.39 Å². The van der Waals surface area contributed by atoms with Crippen molar-refractivity contribution >= 4 is 17.7 Å². The summed E-state index contributed by atoms with van der Waals surface area (Å²) in [7, 11) is 0. The highest BCUT2D eigenvalue weighted by atomic mass is 32.2. The van der Waals surface area contributed by atoms with Gasteiger partial charge in [0.1, 0.15) is 5.82 Å². The molecule has 0 radical (unpaired) electrons. The topological polar surface area (TPSA) is 63.9 Å². The van der Waals surface area contributed by atoms with E-state index in [1.165, 1.54) is 29.5 Å². The molecule has 35 heavy (non-hydrogen) atoms. The zero-order valence-corrected chi connectivity index (χ0v) is 20.1. The maximum atomic E-state index is 13.6. The standard InChI is InChI=1S/C27H26FN5OS/c28-23-6-8-24(9-7-23)33-26(22-10-14-29-15-11-22)30-31-27(33)35-19-25(34)32-16-12-21(13-17-32)18-20-4-2-1-3-5-20/h1-11,14-15,21H,12-13,16-19H2. The number of aromatic nitrogens is 4. The van der Waals surface area contributed by atoms with Gasteiger partial charge in [-0.05, 0) is 67.1 Å². The summed E-state index contributed by atoms with van der Waals surface area (Å²) < 4.78 is 15.4. The molecule has 4 aromatic rings. The van der Waals surface area contributed by atoms with Crippen molar-refractivity contribution in [2.24, 2.45) is 5.92 Å². The summed E-state index contributed by atoms with van der Waals surface area (Å²) in [4.78, 5) is 19.0. The van der Waals surface area contributed by atoms with Crippen LogP contribution in [0.2, 0.25) is 0 Å². The Bertz CT molecular complexity index is 1260. The van der Waals surface area contributed by atoms with Crippen molar-refractivity contribution in [3.05, 3.63) is 90.5 Å². The number of thioether (sulfide) groups is 1.